The molecule has 0 aliphatic heterocycles. The molecule has 0 unspecified atom stereocenters. The van der Waals surface area contributed by atoms with Gasteiger partial charge in [-0.05, 0) is 84.1 Å². The van der Waals surface area contributed by atoms with Crippen LogP contribution in [-0.2, 0) is 33.1 Å². The first-order chi connectivity index (χ1) is 25.0. The molecule has 0 bridgehead atoms. The minimum atomic E-state index is -4.02. The summed E-state index contributed by atoms with van der Waals surface area (Å²) < 4.78 is 63.8. The van der Waals surface area contributed by atoms with E-state index in [-0.39, 0.29) is 44.0 Å². The highest BCUT2D eigenvalue weighted by atomic mass is 32.2. The van der Waals surface area contributed by atoms with Gasteiger partial charge in [0.25, 0.3) is 21.5 Å². The summed E-state index contributed by atoms with van der Waals surface area (Å²) in [5, 5.41) is 3.35. The first-order valence-corrected chi connectivity index (χ1v) is 19.2. The number of amides is 1. The average molecular weight is 753 g/mol. The molecule has 1 amide bonds. The number of halogens is 2. The van der Waals surface area contributed by atoms with E-state index in [0.717, 1.165) is 17.7 Å². The third kappa shape index (κ3) is 8.22. The number of nitrogens with one attached hydrogen (secondary N) is 1. The standard InChI is InChI=1S/C40H38F2N4O5SSi/c1-39(2,3)53-51-40(4,5)29-21-32-33(25-46(36(32)43-23-29)52(49,50)30-13-7-6-8-14-30)28-12-9-11-26(19-28)22-44-37(47)31-15-10-18-45(38(31)48)24-27-16-17-34(41)35(42)20-27/h6-21,23,25H,22,24H2,1-5H3,(H,44,47). The maximum atomic E-state index is 13.9. The summed E-state index contributed by atoms with van der Waals surface area (Å²) in [5.74, 6) is -2.63. The van der Waals surface area contributed by atoms with Crippen molar-refractivity contribution in [2.45, 2.75) is 63.2 Å². The topological polar surface area (TPSA) is 112 Å². The molecule has 3 aromatic heterocycles. The van der Waals surface area contributed by atoms with Gasteiger partial charge in [0.15, 0.2) is 17.3 Å². The fourth-order valence-electron chi connectivity index (χ4n) is 5.66. The molecular formula is C40H38F2N4O5SSi. The van der Waals surface area contributed by atoms with Crippen molar-refractivity contribution >= 4 is 36.7 Å². The highest BCUT2D eigenvalue weighted by Crippen LogP contribution is 2.36. The fraction of sp³-hybridized carbons (Fsp3) is 0.225. The average Bonchev–Trinajstić information content (AvgIpc) is 3.52. The highest BCUT2D eigenvalue weighted by Gasteiger charge is 2.29. The zero-order valence-corrected chi connectivity index (χ0v) is 31.7. The van der Waals surface area contributed by atoms with Crippen LogP contribution in [0, 0.1) is 11.6 Å². The Hall–Kier alpha value is -5.24. The van der Waals surface area contributed by atoms with E-state index >= 15 is 0 Å². The molecule has 0 spiro atoms. The van der Waals surface area contributed by atoms with E-state index in [2.05, 4.69) is 31.1 Å². The molecule has 1 N–H and O–H groups in total. The van der Waals surface area contributed by atoms with Crippen LogP contribution in [-0.4, -0.2) is 37.6 Å². The Morgan fingerprint density at radius 3 is 2.36 bits per heavy atom. The lowest BCUT2D eigenvalue weighted by molar-refractivity contribution is 0.0948. The molecule has 6 rings (SSSR count). The summed E-state index contributed by atoms with van der Waals surface area (Å²) in [6, 6.07) is 23.7. The molecule has 3 heterocycles. The van der Waals surface area contributed by atoms with Gasteiger partial charge in [0, 0.05) is 41.6 Å². The number of carbonyl (C=O) groups excluding carboxylic acids is 1. The summed E-state index contributed by atoms with van der Waals surface area (Å²) in [5.41, 5.74) is 1.96. The number of nitrogens with zero attached hydrogens (tertiary/aromatic N) is 3. The number of hydrogen-bond donors (Lipinski definition) is 1. The third-order valence-electron chi connectivity index (χ3n) is 8.51. The molecule has 0 saturated heterocycles. The zero-order valence-electron chi connectivity index (χ0n) is 29.9. The number of hydrogen-bond acceptors (Lipinski definition) is 6. The van der Waals surface area contributed by atoms with Gasteiger partial charge in [-0.1, -0.05) is 63.2 Å². The fourth-order valence-corrected chi connectivity index (χ4v) is 7.69. The van der Waals surface area contributed by atoms with Gasteiger partial charge in [0.1, 0.15) is 5.56 Å². The normalized spacial score (nSPS) is 12.3. The lowest BCUT2D eigenvalue weighted by atomic mass is 9.97. The lowest BCUT2D eigenvalue weighted by Crippen LogP contribution is -2.32. The molecule has 13 heteroatoms. The summed E-state index contributed by atoms with van der Waals surface area (Å²) in [7, 11) is -3.82. The highest BCUT2D eigenvalue weighted by molar-refractivity contribution is 7.90. The van der Waals surface area contributed by atoms with Crippen molar-refractivity contribution in [1.82, 2.24) is 18.8 Å². The summed E-state index contributed by atoms with van der Waals surface area (Å²) in [4.78, 5) is 31.2. The van der Waals surface area contributed by atoms with Crippen molar-refractivity contribution < 1.29 is 26.4 Å². The molecule has 0 aliphatic carbocycles. The Kier molecular flexibility index (Phi) is 10.4. The van der Waals surface area contributed by atoms with Gasteiger partial charge in [-0.3, -0.25) is 9.59 Å². The molecule has 0 atom stereocenters. The van der Waals surface area contributed by atoms with Crippen LogP contribution < -0.4 is 10.9 Å². The monoisotopic (exact) mass is 752 g/mol. The summed E-state index contributed by atoms with van der Waals surface area (Å²) in [6.45, 7) is 10.2. The maximum Gasteiger partial charge on any atom is 0.269 e. The van der Waals surface area contributed by atoms with Crippen LogP contribution in [0.2, 0.25) is 5.04 Å². The first-order valence-electron chi connectivity index (χ1n) is 16.8. The van der Waals surface area contributed by atoms with Gasteiger partial charge < -0.3 is 14.3 Å². The molecule has 3 aromatic carbocycles. The van der Waals surface area contributed by atoms with E-state index in [4.69, 9.17) is 4.43 Å². The molecule has 272 valence electrons. The molecule has 6 aromatic rings. The van der Waals surface area contributed by atoms with Crippen molar-refractivity contribution in [3.05, 3.63) is 154 Å². The van der Waals surface area contributed by atoms with Crippen LogP contribution in [0.4, 0.5) is 8.78 Å². The molecular weight excluding hydrogens is 715 g/mol. The molecule has 0 aliphatic rings. The van der Waals surface area contributed by atoms with Crippen molar-refractivity contribution in [1.29, 1.82) is 0 Å². The SMILES string of the molecule is CC(C)(C)[Si]OC(C)(C)c1cnc2c(c1)c(-c1cccc(CNC(=O)c3cccn(Cc4ccc(F)c(F)c4)c3=O)c1)cn2S(=O)(=O)c1ccccc1. The van der Waals surface area contributed by atoms with Gasteiger partial charge in [-0.2, -0.15) is 0 Å². The van der Waals surface area contributed by atoms with Crippen LogP contribution in [0.15, 0.2) is 119 Å². The van der Waals surface area contributed by atoms with Gasteiger partial charge in [-0.25, -0.2) is 26.2 Å². The predicted molar refractivity (Wildman–Crippen MR) is 201 cm³/mol. The number of aromatic nitrogens is 3. The minimum absolute atomic E-state index is 0.0511. The molecule has 53 heavy (non-hydrogen) atoms. The van der Waals surface area contributed by atoms with Crippen LogP contribution in [0.1, 0.15) is 61.7 Å². The Bertz CT molecular complexity index is 2490. The zero-order chi connectivity index (χ0) is 38.1. The second-order valence-electron chi connectivity index (χ2n) is 14.2. The van der Waals surface area contributed by atoms with E-state index in [1.165, 1.54) is 45.1 Å². The molecule has 0 saturated carbocycles. The van der Waals surface area contributed by atoms with E-state index in [9.17, 15) is 26.8 Å². The van der Waals surface area contributed by atoms with Crippen LogP contribution in [0.3, 0.4) is 0 Å². The summed E-state index contributed by atoms with van der Waals surface area (Å²) >= 11 is 0. The second kappa shape index (κ2) is 14.6. The number of carbonyl (C=O) groups is 1. The molecule has 0 fully saturated rings. The maximum absolute atomic E-state index is 13.9. The van der Waals surface area contributed by atoms with Crippen LogP contribution in [0.5, 0.6) is 0 Å². The predicted octanol–water partition coefficient (Wildman–Crippen LogP) is 7.45. The first kappa shape index (κ1) is 37.5. The third-order valence-corrected chi connectivity index (χ3v) is 11.4. The molecule has 9 nitrogen and oxygen atoms in total. The summed E-state index contributed by atoms with van der Waals surface area (Å²) in [6.07, 6.45) is 4.68. The van der Waals surface area contributed by atoms with Crippen LogP contribution >= 0.6 is 0 Å². The Morgan fingerprint density at radius 2 is 1.64 bits per heavy atom. The van der Waals surface area contributed by atoms with Crippen molar-refractivity contribution in [3.8, 4) is 11.1 Å². The smallest absolute Gasteiger partial charge is 0.269 e. The van der Waals surface area contributed by atoms with Gasteiger partial charge in [-0.15, -0.1) is 0 Å². The number of benzene rings is 3. The quantitative estimate of drug-likeness (QED) is 0.138. The van der Waals surface area contributed by atoms with Gasteiger partial charge in [0.2, 0.25) is 9.76 Å². The molecule has 2 radical (unpaired) electrons. The van der Waals surface area contributed by atoms with E-state index in [1.54, 1.807) is 36.7 Å². The van der Waals surface area contributed by atoms with Crippen LogP contribution in [0.25, 0.3) is 22.2 Å². The minimum Gasteiger partial charge on any atom is -0.408 e. The van der Waals surface area contributed by atoms with Crippen molar-refractivity contribution in [2.24, 2.45) is 0 Å². The Labute approximate surface area is 309 Å². The Morgan fingerprint density at radius 1 is 0.887 bits per heavy atom. The van der Waals surface area contributed by atoms with Crippen molar-refractivity contribution in [2.75, 3.05) is 0 Å². The number of fused-ring (bicyclic) bond motifs is 1. The second-order valence-corrected chi connectivity index (χ2v) is 17.9. The lowest BCUT2D eigenvalue weighted by Gasteiger charge is -2.29. The largest absolute Gasteiger partial charge is 0.408 e. The van der Waals surface area contributed by atoms with Gasteiger partial charge >= 0.3 is 0 Å². The Balaban J connectivity index is 1.32. The number of rotatable bonds is 11. The van der Waals surface area contributed by atoms with E-state index < -0.39 is 38.7 Å². The number of pyridine rings is 2. The van der Waals surface area contributed by atoms with Crippen molar-refractivity contribution in [3.63, 3.8) is 0 Å². The van der Waals surface area contributed by atoms with E-state index in [1.807, 2.05) is 38.1 Å². The van der Waals surface area contributed by atoms with E-state index in [0.29, 0.717) is 27.6 Å². The van der Waals surface area contributed by atoms with Gasteiger partial charge in [0.05, 0.1) is 17.0 Å².